The van der Waals surface area contributed by atoms with Gasteiger partial charge in [-0.05, 0) is 39.2 Å². The number of nitrogens with one attached hydrogen (secondary N) is 1. The number of carbonyl (C=O) groups is 1. The fraction of sp³-hybridized carbons (Fsp3) is 0.696. The minimum Gasteiger partial charge on any atom is -0.379 e. The molecule has 4 heterocycles. The maximum Gasteiger partial charge on any atom is 0.263 e. The Morgan fingerprint density at radius 2 is 2.03 bits per heavy atom. The summed E-state index contributed by atoms with van der Waals surface area (Å²) in [5.41, 5.74) is -0.513. The van der Waals surface area contributed by atoms with Crippen molar-refractivity contribution in [2.75, 3.05) is 45.9 Å². The van der Waals surface area contributed by atoms with Crippen molar-refractivity contribution in [3.63, 3.8) is 0 Å². The van der Waals surface area contributed by atoms with E-state index in [4.69, 9.17) is 4.74 Å². The number of carbonyl (C=O) groups excluding carboxylic acids is 1. The number of sulfonamides is 1. The Balaban J connectivity index is 1.43. The molecular formula is C23H35N5O5S2. The van der Waals surface area contributed by atoms with Crippen molar-refractivity contribution in [1.82, 2.24) is 24.1 Å². The number of hydrogen-bond donors (Lipinski definition) is 1. The number of aryl methyl sites for hydroxylation is 1. The highest BCUT2D eigenvalue weighted by molar-refractivity contribution is 7.89. The molecule has 2 saturated heterocycles. The maximum atomic E-state index is 13.3. The van der Waals surface area contributed by atoms with Crippen molar-refractivity contribution < 1.29 is 17.9 Å². The molecule has 2 aromatic rings. The number of hydrogen-bond acceptors (Lipinski definition) is 8. The van der Waals surface area contributed by atoms with E-state index >= 15 is 0 Å². The fourth-order valence-electron chi connectivity index (χ4n) is 4.99. The van der Waals surface area contributed by atoms with Gasteiger partial charge in [-0.2, -0.15) is 4.31 Å². The lowest BCUT2D eigenvalue weighted by molar-refractivity contribution is -0.121. The summed E-state index contributed by atoms with van der Waals surface area (Å²) in [6.07, 6.45) is 7.08. The zero-order chi connectivity index (χ0) is 25.0. The van der Waals surface area contributed by atoms with Crippen LogP contribution in [-0.4, -0.2) is 85.1 Å². The molecule has 1 atom stereocenters. The van der Waals surface area contributed by atoms with E-state index < -0.39 is 15.6 Å². The van der Waals surface area contributed by atoms with Crippen LogP contribution in [0.3, 0.4) is 0 Å². The van der Waals surface area contributed by atoms with Crippen LogP contribution in [0, 0.1) is 6.92 Å². The minimum absolute atomic E-state index is 0.00123. The second kappa shape index (κ2) is 11.5. The third kappa shape index (κ3) is 5.77. The number of morpholine rings is 1. The van der Waals surface area contributed by atoms with Gasteiger partial charge in [0.2, 0.25) is 15.9 Å². The number of likely N-dealkylation sites (tertiary alicyclic amines) is 1. The molecule has 1 unspecified atom stereocenters. The van der Waals surface area contributed by atoms with Gasteiger partial charge in [-0.25, -0.2) is 13.4 Å². The zero-order valence-electron chi connectivity index (χ0n) is 20.5. The highest BCUT2D eigenvalue weighted by Gasteiger charge is 2.32. The molecule has 1 amide bonds. The summed E-state index contributed by atoms with van der Waals surface area (Å²) in [5.74, 6) is -0.288. The summed E-state index contributed by atoms with van der Waals surface area (Å²) in [7, 11) is -3.87. The van der Waals surface area contributed by atoms with Gasteiger partial charge in [-0.1, -0.05) is 13.3 Å². The van der Waals surface area contributed by atoms with E-state index in [-0.39, 0.29) is 35.8 Å². The molecular weight excluding hydrogens is 490 g/mol. The van der Waals surface area contributed by atoms with Crippen molar-refractivity contribution in [1.29, 1.82) is 0 Å². The SMILES string of the molecule is CCC1CCCCN1CCCNC(=O)Cn1cnc2sc(C)c(S(=O)(=O)N3CCOCC3)c2c1=O. The average molecular weight is 526 g/mol. The number of aromatic nitrogens is 2. The lowest BCUT2D eigenvalue weighted by atomic mass is 10.00. The van der Waals surface area contributed by atoms with Crippen LogP contribution in [0.15, 0.2) is 16.0 Å². The number of nitrogens with zero attached hydrogens (tertiary/aromatic N) is 4. The average Bonchev–Trinajstić information content (AvgIpc) is 3.22. The first-order chi connectivity index (χ1) is 16.8. The summed E-state index contributed by atoms with van der Waals surface area (Å²) >= 11 is 1.18. The van der Waals surface area contributed by atoms with E-state index in [1.54, 1.807) is 6.92 Å². The normalized spacial score (nSPS) is 20.3. The quantitative estimate of drug-likeness (QED) is 0.494. The first-order valence-electron chi connectivity index (χ1n) is 12.4. The number of thiophene rings is 1. The van der Waals surface area contributed by atoms with Gasteiger partial charge < -0.3 is 15.0 Å². The van der Waals surface area contributed by atoms with Crippen LogP contribution in [0.4, 0.5) is 0 Å². The standard InChI is InChI=1S/C23H35N5O5S2/c1-3-18-7-4-5-9-26(18)10-6-8-24-19(29)15-27-16-25-22-20(23(27)30)21(17(2)34-22)35(31,32)28-11-13-33-14-12-28/h16,18H,3-15H2,1-2H3,(H,24,29). The summed E-state index contributed by atoms with van der Waals surface area (Å²) in [6, 6.07) is 0.632. The fourth-order valence-corrected chi connectivity index (χ4v) is 8.06. The van der Waals surface area contributed by atoms with Crippen molar-refractivity contribution in [3.05, 3.63) is 21.6 Å². The van der Waals surface area contributed by atoms with Crippen LogP contribution in [0.5, 0.6) is 0 Å². The number of piperidine rings is 1. The second-order valence-corrected chi connectivity index (χ2v) is 12.2. The lowest BCUT2D eigenvalue weighted by Crippen LogP contribution is -2.41. The maximum absolute atomic E-state index is 13.3. The molecule has 194 valence electrons. The van der Waals surface area contributed by atoms with Gasteiger partial charge in [0.15, 0.2) is 0 Å². The van der Waals surface area contributed by atoms with Crippen LogP contribution >= 0.6 is 11.3 Å². The highest BCUT2D eigenvalue weighted by atomic mass is 32.2. The minimum atomic E-state index is -3.87. The molecule has 35 heavy (non-hydrogen) atoms. The Labute approximate surface area is 210 Å². The molecule has 4 rings (SSSR count). The lowest BCUT2D eigenvalue weighted by Gasteiger charge is -2.35. The Hall–Kier alpha value is -1.86. The number of rotatable bonds is 9. The van der Waals surface area contributed by atoms with Crippen molar-refractivity contribution in [2.45, 2.75) is 63.4 Å². The molecule has 0 radical (unpaired) electrons. The van der Waals surface area contributed by atoms with Gasteiger partial charge in [-0.3, -0.25) is 14.2 Å². The molecule has 2 aliphatic rings. The summed E-state index contributed by atoms with van der Waals surface area (Å²) < 4.78 is 34.5. The largest absolute Gasteiger partial charge is 0.379 e. The van der Waals surface area contributed by atoms with E-state index in [1.165, 1.54) is 45.8 Å². The number of amides is 1. The highest BCUT2D eigenvalue weighted by Crippen LogP contribution is 2.33. The predicted octanol–water partition coefficient (Wildman–Crippen LogP) is 1.56. The van der Waals surface area contributed by atoms with Gasteiger partial charge in [0.1, 0.15) is 16.3 Å². The first kappa shape index (κ1) is 26.2. The predicted molar refractivity (Wildman–Crippen MR) is 135 cm³/mol. The van der Waals surface area contributed by atoms with E-state index in [2.05, 4.69) is 22.1 Å². The molecule has 0 saturated carbocycles. The van der Waals surface area contributed by atoms with Gasteiger partial charge in [-0.15, -0.1) is 11.3 Å². The summed E-state index contributed by atoms with van der Waals surface area (Å²) in [6.45, 7) is 7.42. The topological polar surface area (TPSA) is 114 Å². The molecule has 2 aliphatic heterocycles. The van der Waals surface area contributed by atoms with Crippen LogP contribution in [0.1, 0.15) is 43.9 Å². The van der Waals surface area contributed by atoms with E-state index in [0.717, 1.165) is 25.9 Å². The van der Waals surface area contributed by atoms with Gasteiger partial charge in [0, 0.05) is 37.1 Å². The summed E-state index contributed by atoms with van der Waals surface area (Å²) in [4.78, 5) is 33.5. The van der Waals surface area contributed by atoms with Crippen molar-refractivity contribution in [2.24, 2.45) is 0 Å². The van der Waals surface area contributed by atoms with Crippen LogP contribution in [-0.2, 0) is 26.1 Å². The molecule has 2 aromatic heterocycles. The molecule has 12 heteroatoms. The van der Waals surface area contributed by atoms with E-state index in [1.807, 2.05) is 0 Å². The van der Waals surface area contributed by atoms with Crippen molar-refractivity contribution >= 4 is 37.5 Å². The molecule has 0 aromatic carbocycles. The Morgan fingerprint density at radius 1 is 1.26 bits per heavy atom. The molecule has 0 spiro atoms. The molecule has 1 N–H and O–H groups in total. The Bertz CT molecular complexity index is 1200. The monoisotopic (exact) mass is 525 g/mol. The van der Waals surface area contributed by atoms with E-state index in [9.17, 15) is 18.0 Å². The third-order valence-corrected chi connectivity index (χ3v) is 10.1. The zero-order valence-corrected chi connectivity index (χ0v) is 22.1. The Morgan fingerprint density at radius 3 is 2.77 bits per heavy atom. The van der Waals surface area contributed by atoms with Gasteiger partial charge in [0.05, 0.1) is 24.9 Å². The molecule has 2 fully saturated rings. The van der Waals surface area contributed by atoms with Crippen LogP contribution < -0.4 is 10.9 Å². The van der Waals surface area contributed by atoms with Gasteiger partial charge >= 0.3 is 0 Å². The molecule has 0 bridgehead atoms. The second-order valence-electron chi connectivity index (χ2n) is 9.16. The van der Waals surface area contributed by atoms with Crippen LogP contribution in [0.25, 0.3) is 10.2 Å². The van der Waals surface area contributed by atoms with Crippen molar-refractivity contribution in [3.8, 4) is 0 Å². The van der Waals surface area contributed by atoms with E-state index in [0.29, 0.717) is 35.5 Å². The summed E-state index contributed by atoms with van der Waals surface area (Å²) in [5, 5.41) is 2.95. The first-order valence-corrected chi connectivity index (χ1v) is 14.7. The molecule has 0 aliphatic carbocycles. The third-order valence-electron chi connectivity index (χ3n) is 6.85. The molecule has 10 nitrogen and oxygen atoms in total. The van der Waals surface area contributed by atoms with Gasteiger partial charge in [0.25, 0.3) is 5.56 Å². The number of ether oxygens (including phenoxy) is 1. The Kier molecular flexibility index (Phi) is 8.59. The number of fused-ring (bicyclic) bond motifs is 1. The smallest absolute Gasteiger partial charge is 0.263 e. The van der Waals surface area contributed by atoms with Crippen LogP contribution in [0.2, 0.25) is 0 Å².